The maximum atomic E-state index is 6.23. The number of nitrogens with one attached hydrogen (secondary N) is 1. The number of methoxy groups -OCH3 is 1. The first-order chi connectivity index (χ1) is 9.22. The van der Waals surface area contributed by atoms with Crippen LogP contribution in [0.5, 0.6) is 11.5 Å². The topological polar surface area (TPSA) is 30.5 Å². The second-order valence-corrected chi connectivity index (χ2v) is 5.52. The highest BCUT2D eigenvalue weighted by molar-refractivity contribution is 5.40. The Morgan fingerprint density at radius 2 is 2.16 bits per heavy atom. The van der Waals surface area contributed by atoms with Crippen molar-refractivity contribution in [3.63, 3.8) is 0 Å². The molecule has 19 heavy (non-hydrogen) atoms. The first-order valence-electron chi connectivity index (χ1n) is 7.21. The Morgan fingerprint density at radius 1 is 1.32 bits per heavy atom. The van der Waals surface area contributed by atoms with Crippen LogP contribution in [0, 0.1) is 5.92 Å². The van der Waals surface area contributed by atoms with Crippen molar-refractivity contribution in [2.24, 2.45) is 5.92 Å². The fraction of sp³-hybridized carbons (Fsp3) is 0.625. The lowest BCUT2D eigenvalue weighted by atomic mass is 9.88. The third-order valence-corrected chi connectivity index (χ3v) is 3.82. The number of hydrogen-bond donors (Lipinski definition) is 1. The van der Waals surface area contributed by atoms with Gasteiger partial charge in [-0.1, -0.05) is 19.4 Å². The molecule has 0 amide bonds. The number of benzene rings is 1. The molecule has 0 saturated heterocycles. The van der Waals surface area contributed by atoms with Gasteiger partial charge in [-0.15, -0.1) is 0 Å². The molecule has 1 aromatic carbocycles. The van der Waals surface area contributed by atoms with Gasteiger partial charge in [0.15, 0.2) is 0 Å². The van der Waals surface area contributed by atoms with Crippen molar-refractivity contribution in [1.29, 1.82) is 0 Å². The smallest absolute Gasteiger partial charge is 0.127 e. The van der Waals surface area contributed by atoms with Gasteiger partial charge in [-0.05, 0) is 38.3 Å². The normalized spacial score (nSPS) is 23.1. The molecular weight excluding hydrogens is 238 g/mol. The minimum atomic E-state index is 0.353. The summed E-state index contributed by atoms with van der Waals surface area (Å²) in [4.78, 5) is 0. The van der Waals surface area contributed by atoms with Crippen LogP contribution in [0.25, 0.3) is 0 Å². The highest BCUT2D eigenvalue weighted by atomic mass is 16.5. The second kappa shape index (κ2) is 6.80. The van der Waals surface area contributed by atoms with Crippen LogP contribution in [-0.2, 0) is 6.54 Å². The van der Waals surface area contributed by atoms with Gasteiger partial charge in [0.05, 0.1) is 13.2 Å². The zero-order chi connectivity index (χ0) is 13.7. The number of rotatable bonds is 5. The lowest BCUT2D eigenvalue weighted by Gasteiger charge is -2.28. The molecule has 2 rings (SSSR count). The van der Waals surface area contributed by atoms with Crippen LogP contribution in [0.2, 0.25) is 0 Å². The summed E-state index contributed by atoms with van der Waals surface area (Å²) in [6.07, 6.45) is 5.29. The van der Waals surface area contributed by atoms with Gasteiger partial charge in [0.25, 0.3) is 0 Å². The van der Waals surface area contributed by atoms with E-state index in [1.807, 2.05) is 19.2 Å². The van der Waals surface area contributed by atoms with Gasteiger partial charge in [-0.3, -0.25) is 0 Å². The molecule has 2 unspecified atom stereocenters. The molecule has 106 valence electrons. The van der Waals surface area contributed by atoms with Crippen molar-refractivity contribution in [3.05, 3.63) is 23.8 Å². The fourth-order valence-corrected chi connectivity index (χ4v) is 2.77. The molecule has 1 aromatic rings. The molecule has 1 saturated carbocycles. The summed E-state index contributed by atoms with van der Waals surface area (Å²) in [7, 11) is 3.65. The summed E-state index contributed by atoms with van der Waals surface area (Å²) < 4.78 is 11.5. The van der Waals surface area contributed by atoms with E-state index < -0.39 is 0 Å². The Hall–Kier alpha value is -1.22. The Kier molecular flexibility index (Phi) is 5.08. The molecule has 3 heteroatoms. The predicted octanol–water partition coefficient (Wildman–Crippen LogP) is 3.37. The molecule has 0 spiro atoms. The van der Waals surface area contributed by atoms with E-state index in [2.05, 4.69) is 18.3 Å². The van der Waals surface area contributed by atoms with Crippen molar-refractivity contribution >= 4 is 0 Å². The zero-order valence-corrected chi connectivity index (χ0v) is 12.2. The summed E-state index contributed by atoms with van der Waals surface area (Å²) in [6.45, 7) is 3.14. The van der Waals surface area contributed by atoms with Crippen LogP contribution >= 0.6 is 0 Å². The van der Waals surface area contributed by atoms with E-state index in [4.69, 9.17) is 9.47 Å². The first-order valence-corrected chi connectivity index (χ1v) is 7.21. The van der Waals surface area contributed by atoms with Gasteiger partial charge in [0, 0.05) is 18.2 Å². The van der Waals surface area contributed by atoms with E-state index >= 15 is 0 Å². The monoisotopic (exact) mass is 263 g/mol. The Morgan fingerprint density at radius 3 is 2.84 bits per heavy atom. The van der Waals surface area contributed by atoms with Gasteiger partial charge >= 0.3 is 0 Å². The van der Waals surface area contributed by atoms with E-state index in [1.165, 1.54) is 24.8 Å². The summed E-state index contributed by atoms with van der Waals surface area (Å²) >= 11 is 0. The molecular formula is C16H25NO2. The fourth-order valence-electron chi connectivity index (χ4n) is 2.77. The molecule has 2 atom stereocenters. The molecule has 1 aliphatic rings. The van der Waals surface area contributed by atoms with Crippen LogP contribution in [0.4, 0.5) is 0 Å². The average Bonchev–Trinajstić information content (AvgIpc) is 2.41. The molecule has 0 bridgehead atoms. The lowest BCUT2D eigenvalue weighted by molar-refractivity contribution is 0.127. The quantitative estimate of drug-likeness (QED) is 0.883. The molecule has 0 radical (unpaired) electrons. The van der Waals surface area contributed by atoms with Crippen molar-refractivity contribution in [1.82, 2.24) is 5.32 Å². The van der Waals surface area contributed by atoms with Gasteiger partial charge in [0.2, 0.25) is 0 Å². The highest BCUT2D eigenvalue weighted by Gasteiger charge is 2.21. The van der Waals surface area contributed by atoms with Gasteiger partial charge in [-0.2, -0.15) is 0 Å². The molecule has 1 fully saturated rings. The minimum Gasteiger partial charge on any atom is -0.497 e. The standard InChI is InChI=1S/C16H25NO2/c1-12-5-4-6-15(9-12)19-16-10-14(18-3)8-7-13(16)11-17-2/h7-8,10,12,15,17H,4-6,9,11H2,1-3H3. The van der Waals surface area contributed by atoms with Crippen LogP contribution in [0.3, 0.4) is 0 Å². The first kappa shape index (κ1) is 14.2. The van der Waals surface area contributed by atoms with Crippen LogP contribution in [0.15, 0.2) is 18.2 Å². The van der Waals surface area contributed by atoms with Gasteiger partial charge in [0.1, 0.15) is 11.5 Å². The van der Waals surface area contributed by atoms with Crippen molar-refractivity contribution in [2.75, 3.05) is 14.2 Å². The summed E-state index contributed by atoms with van der Waals surface area (Å²) in [5, 5.41) is 3.19. The SMILES string of the molecule is CNCc1ccc(OC)cc1OC1CCCC(C)C1. The Labute approximate surface area is 116 Å². The molecule has 1 aliphatic carbocycles. The summed E-state index contributed by atoms with van der Waals surface area (Å²) in [6, 6.07) is 6.08. The van der Waals surface area contributed by atoms with Crippen molar-refractivity contribution in [3.8, 4) is 11.5 Å². The van der Waals surface area contributed by atoms with E-state index in [1.54, 1.807) is 7.11 Å². The summed E-state index contributed by atoms with van der Waals surface area (Å²) in [5.74, 6) is 2.60. The third kappa shape index (κ3) is 3.87. The van der Waals surface area contributed by atoms with E-state index in [9.17, 15) is 0 Å². The van der Waals surface area contributed by atoms with Crippen LogP contribution in [-0.4, -0.2) is 20.3 Å². The van der Waals surface area contributed by atoms with Crippen molar-refractivity contribution < 1.29 is 9.47 Å². The number of ether oxygens (including phenoxy) is 2. The third-order valence-electron chi connectivity index (χ3n) is 3.82. The van der Waals surface area contributed by atoms with Gasteiger partial charge in [-0.25, -0.2) is 0 Å². The summed E-state index contributed by atoms with van der Waals surface area (Å²) in [5.41, 5.74) is 1.20. The van der Waals surface area contributed by atoms with Gasteiger partial charge < -0.3 is 14.8 Å². The molecule has 0 aromatic heterocycles. The Bertz CT molecular complexity index is 406. The molecule has 0 aliphatic heterocycles. The average molecular weight is 263 g/mol. The second-order valence-electron chi connectivity index (χ2n) is 5.52. The van der Waals surface area contributed by atoms with Crippen LogP contribution < -0.4 is 14.8 Å². The Balaban J connectivity index is 2.11. The molecule has 0 heterocycles. The maximum absolute atomic E-state index is 6.23. The number of hydrogen-bond acceptors (Lipinski definition) is 3. The predicted molar refractivity (Wildman–Crippen MR) is 77.8 cm³/mol. The van der Waals surface area contributed by atoms with E-state index in [0.29, 0.717) is 6.10 Å². The van der Waals surface area contributed by atoms with E-state index in [0.717, 1.165) is 30.4 Å². The highest BCUT2D eigenvalue weighted by Crippen LogP contribution is 2.31. The van der Waals surface area contributed by atoms with Crippen molar-refractivity contribution in [2.45, 2.75) is 45.3 Å². The van der Waals surface area contributed by atoms with E-state index in [-0.39, 0.29) is 0 Å². The zero-order valence-electron chi connectivity index (χ0n) is 12.2. The minimum absolute atomic E-state index is 0.353. The molecule has 3 nitrogen and oxygen atoms in total. The lowest BCUT2D eigenvalue weighted by Crippen LogP contribution is -2.24. The maximum Gasteiger partial charge on any atom is 0.127 e. The molecule has 1 N–H and O–H groups in total. The largest absolute Gasteiger partial charge is 0.497 e. The van der Waals surface area contributed by atoms with Crippen LogP contribution in [0.1, 0.15) is 38.2 Å².